The van der Waals surface area contributed by atoms with Gasteiger partial charge < -0.3 is 20.3 Å². The SMILES string of the molecule is CCN(CC)CCNC(=O)[C@H]1CN(Cc2ccccc2)C[C@@]12OCCNC2=O. The Bertz CT molecular complexity index is 665. The van der Waals surface area contributed by atoms with Gasteiger partial charge in [0.25, 0.3) is 5.91 Å². The van der Waals surface area contributed by atoms with Crippen molar-refractivity contribution in [3.05, 3.63) is 35.9 Å². The number of ether oxygens (including phenoxy) is 1. The number of nitrogens with one attached hydrogen (secondary N) is 2. The molecule has 2 amide bonds. The van der Waals surface area contributed by atoms with E-state index in [0.29, 0.717) is 39.3 Å². The van der Waals surface area contributed by atoms with Crippen LogP contribution in [0.1, 0.15) is 19.4 Å². The van der Waals surface area contributed by atoms with Gasteiger partial charge in [-0.15, -0.1) is 0 Å². The van der Waals surface area contributed by atoms with E-state index in [1.165, 1.54) is 0 Å². The molecule has 1 aromatic carbocycles. The summed E-state index contributed by atoms with van der Waals surface area (Å²) >= 11 is 0. The number of nitrogens with zero attached hydrogens (tertiary/aromatic N) is 2. The molecule has 0 aliphatic carbocycles. The van der Waals surface area contributed by atoms with Crippen LogP contribution in [0, 0.1) is 5.92 Å². The third-order valence-corrected chi connectivity index (χ3v) is 5.78. The molecular formula is C21H32N4O3. The van der Waals surface area contributed by atoms with Gasteiger partial charge in [0.05, 0.1) is 12.5 Å². The Morgan fingerprint density at radius 2 is 2.07 bits per heavy atom. The van der Waals surface area contributed by atoms with Crippen LogP contribution in [0.15, 0.2) is 30.3 Å². The van der Waals surface area contributed by atoms with Gasteiger partial charge >= 0.3 is 0 Å². The summed E-state index contributed by atoms with van der Waals surface area (Å²) in [6, 6.07) is 10.1. The first-order valence-electron chi connectivity index (χ1n) is 10.3. The number of likely N-dealkylation sites (N-methyl/N-ethyl adjacent to an activating group) is 1. The Labute approximate surface area is 167 Å². The van der Waals surface area contributed by atoms with E-state index < -0.39 is 11.5 Å². The van der Waals surface area contributed by atoms with Gasteiger partial charge in [-0.25, -0.2) is 0 Å². The van der Waals surface area contributed by atoms with E-state index in [9.17, 15) is 9.59 Å². The second kappa shape index (κ2) is 9.49. The van der Waals surface area contributed by atoms with Crippen molar-refractivity contribution in [3.8, 4) is 0 Å². The maximum atomic E-state index is 13.0. The molecule has 0 aromatic heterocycles. The van der Waals surface area contributed by atoms with E-state index in [2.05, 4.69) is 46.4 Å². The molecule has 3 rings (SSSR count). The molecule has 7 nitrogen and oxygen atoms in total. The maximum Gasteiger partial charge on any atom is 0.254 e. The van der Waals surface area contributed by atoms with Crippen LogP contribution in [0.3, 0.4) is 0 Å². The van der Waals surface area contributed by atoms with E-state index >= 15 is 0 Å². The van der Waals surface area contributed by atoms with E-state index in [1.807, 2.05) is 18.2 Å². The highest BCUT2D eigenvalue weighted by Gasteiger charge is 2.57. The molecule has 154 valence electrons. The maximum absolute atomic E-state index is 13.0. The highest BCUT2D eigenvalue weighted by atomic mass is 16.5. The minimum atomic E-state index is -1.09. The lowest BCUT2D eigenvalue weighted by atomic mass is 9.88. The molecule has 2 atom stereocenters. The lowest BCUT2D eigenvalue weighted by molar-refractivity contribution is -0.163. The van der Waals surface area contributed by atoms with Gasteiger partial charge in [-0.1, -0.05) is 44.2 Å². The molecule has 1 aromatic rings. The van der Waals surface area contributed by atoms with Crippen molar-refractivity contribution in [3.63, 3.8) is 0 Å². The number of morpholine rings is 1. The molecule has 0 bridgehead atoms. The first-order valence-corrected chi connectivity index (χ1v) is 10.3. The Balaban J connectivity index is 1.69. The Morgan fingerprint density at radius 3 is 2.75 bits per heavy atom. The van der Waals surface area contributed by atoms with Crippen molar-refractivity contribution in [1.29, 1.82) is 0 Å². The van der Waals surface area contributed by atoms with Crippen LogP contribution in [0.2, 0.25) is 0 Å². The third kappa shape index (κ3) is 4.54. The minimum absolute atomic E-state index is 0.0974. The van der Waals surface area contributed by atoms with E-state index in [4.69, 9.17) is 4.74 Å². The summed E-state index contributed by atoms with van der Waals surface area (Å²) in [7, 11) is 0. The normalized spacial score (nSPS) is 25.2. The Morgan fingerprint density at radius 1 is 1.32 bits per heavy atom. The van der Waals surface area contributed by atoms with Gasteiger partial charge in [0.15, 0.2) is 5.60 Å². The van der Waals surface area contributed by atoms with Gasteiger partial charge in [-0.2, -0.15) is 0 Å². The number of rotatable bonds is 8. The summed E-state index contributed by atoms with van der Waals surface area (Å²) in [5.41, 5.74) is 0.0724. The van der Waals surface area contributed by atoms with E-state index in [-0.39, 0.29) is 11.8 Å². The van der Waals surface area contributed by atoms with Crippen LogP contribution in [-0.4, -0.2) is 79.6 Å². The van der Waals surface area contributed by atoms with Gasteiger partial charge in [-0.05, 0) is 18.7 Å². The zero-order chi connectivity index (χ0) is 20.0. The molecule has 2 aliphatic heterocycles. The zero-order valence-corrected chi connectivity index (χ0v) is 16.9. The van der Waals surface area contributed by atoms with Gasteiger partial charge in [0, 0.05) is 39.3 Å². The fraction of sp³-hybridized carbons (Fsp3) is 0.619. The molecule has 0 saturated carbocycles. The van der Waals surface area contributed by atoms with Crippen LogP contribution in [-0.2, 0) is 20.9 Å². The zero-order valence-electron chi connectivity index (χ0n) is 16.9. The first-order chi connectivity index (χ1) is 13.6. The molecule has 2 saturated heterocycles. The van der Waals surface area contributed by atoms with E-state index in [1.54, 1.807) is 0 Å². The quantitative estimate of drug-likeness (QED) is 0.677. The number of amides is 2. The van der Waals surface area contributed by atoms with Crippen LogP contribution >= 0.6 is 0 Å². The van der Waals surface area contributed by atoms with Crippen molar-refractivity contribution in [1.82, 2.24) is 20.4 Å². The lowest BCUT2D eigenvalue weighted by Gasteiger charge is -2.36. The van der Waals surface area contributed by atoms with Crippen LogP contribution in [0.25, 0.3) is 0 Å². The molecule has 2 heterocycles. The first kappa shape index (κ1) is 20.8. The minimum Gasteiger partial charge on any atom is -0.361 e. The molecular weight excluding hydrogens is 356 g/mol. The predicted octanol–water partition coefficient (Wildman–Crippen LogP) is 0.462. The number of carbonyl (C=O) groups is 2. The van der Waals surface area contributed by atoms with Crippen molar-refractivity contribution in [2.24, 2.45) is 5.92 Å². The topological polar surface area (TPSA) is 73.9 Å². The summed E-state index contributed by atoms with van der Waals surface area (Å²) in [4.78, 5) is 30.2. The summed E-state index contributed by atoms with van der Waals surface area (Å²) in [5, 5.41) is 5.93. The molecule has 1 spiro atoms. The summed E-state index contributed by atoms with van der Waals surface area (Å²) in [5.74, 6) is -0.772. The number of carbonyl (C=O) groups excluding carboxylic acids is 2. The van der Waals surface area contributed by atoms with Gasteiger partial charge in [-0.3, -0.25) is 14.5 Å². The van der Waals surface area contributed by atoms with Crippen LogP contribution in [0.4, 0.5) is 0 Å². The van der Waals surface area contributed by atoms with Crippen molar-refractivity contribution in [2.75, 3.05) is 52.4 Å². The molecule has 28 heavy (non-hydrogen) atoms. The average Bonchev–Trinajstić information content (AvgIpc) is 3.07. The molecule has 0 radical (unpaired) electrons. The van der Waals surface area contributed by atoms with Crippen molar-refractivity contribution < 1.29 is 14.3 Å². The van der Waals surface area contributed by atoms with Crippen molar-refractivity contribution in [2.45, 2.75) is 26.0 Å². The smallest absolute Gasteiger partial charge is 0.254 e. The lowest BCUT2D eigenvalue weighted by Crippen LogP contribution is -2.62. The van der Waals surface area contributed by atoms with Crippen molar-refractivity contribution >= 4 is 11.8 Å². The molecule has 7 heteroatoms. The molecule has 2 fully saturated rings. The highest BCUT2D eigenvalue weighted by Crippen LogP contribution is 2.34. The predicted molar refractivity (Wildman–Crippen MR) is 108 cm³/mol. The largest absolute Gasteiger partial charge is 0.361 e. The van der Waals surface area contributed by atoms with Crippen LogP contribution in [0.5, 0.6) is 0 Å². The van der Waals surface area contributed by atoms with E-state index in [0.717, 1.165) is 25.2 Å². The van der Waals surface area contributed by atoms with Crippen LogP contribution < -0.4 is 10.6 Å². The number of benzene rings is 1. The molecule has 2 N–H and O–H groups in total. The fourth-order valence-corrected chi connectivity index (χ4v) is 4.16. The second-order valence-electron chi connectivity index (χ2n) is 7.52. The third-order valence-electron chi connectivity index (χ3n) is 5.78. The summed E-state index contributed by atoms with van der Waals surface area (Å²) < 4.78 is 5.99. The standard InChI is InChI=1S/C21H32N4O3/c1-3-24(4-2)12-10-22-19(26)18-15-25(14-17-8-6-5-7-9-17)16-21(18)20(27)23-11-13-28-21/h5-9,18H,3-4,10-16H2,1-2H3,(H,22,26)(H,23,27)/t18-,21-/m1/s1. The highest BCUT2D eigenvalue weighted by molar-refractivity contribution is 5.94. The summed E-state index contributed by atoms with van der Waals surface area (Å²) in [6.07, 6.45) is 0. The molecule has 0 unspecified atom stereocenters. The Kier molecular flexibility index (Phi) is 7.04. The number of hydrogen-bond donors (Lipinski definition) is 2. The van der Waals surface area contributed by atoms with Gasteiger partial charge in [0.1, 0.15) is 0 Å². The fourth-order valence-electron chi connectivity index (χ4n) is 4.16. The monoisotopic (exact) mass is 388 g/mol. The Hall–Kier alpha value is -1.96. The number of likely N-dealkylation sites (tertiary alicyclic amines) is 1. The second-order valence-corrected chi connectivity index (χ2v) is 7.52. The average molecular weight is 389 g/mol. The van der Waals surface area contributed by atoms with Gasteiger partial charge in [0.2, 0.25) is 5.91 Å². The number of hydrogen-bond acceptors (Lipinski definition) is 5. The molecule has 2 aliphatic rings. The summed E-state index contributed by atoms with van der Waals surface area (Å²) in [6.45, 7) is 10.1.